The van der Waals surface area contributed by atoms with Crippen LogP contribution in [0.25, 0.3) is 10.9 Å². The fourth-order valence-electron chi connectivity index (χ4n) is 5.41. The van der Waals surface area contributed by atoms with E-state index in [9.17, 15) is 19.6 Å². The van der Waals surface area contributed by atoms with Crippen LogP contribution in [-0.2, 0) is 16.2 Å². The normalized spacial score (nSPS) is 19.0. The largest absolute Gasteiger partial charge is 0.489 e. The molecule has 0 bridgehead atoms. The number of fused-ring (bicyclic) bond motifs is 1. The maximum atomic E-state index is 12.7. The fraction of sp³-hybridized carbons (Fsp3) is 0.357. The van der Waals surface area contributed by atoms with Gasteiger partial charge in [0.2, 0.25) is 11.8 Å². The number of amides is 4. The van der Waals surface area contributed by atoms with Gasteiger partial charge >= 0.3 is 6.03 Å². The van der Waals surface area contributed by atoms with Gasteiger partial charge in [0.25, 0.3) is 0 Å². The highest BCUT2D eigenvalue weighted by atomic mass is 16.5. The Balaban J connectivity index is 1.55. The van der Waals surface area contributed by atoms with E-state index >= 15 is 0 Å². The number of benzene rings is 2. The molecule has 38 heavy (non-hydrogen) atoms. The highest BCUT2D eigenvalue weighted by Gasteiger charge is 2.44. The number of aryl methyl sites for hydroxylation is 1. The van der Waals surface area contributed by atoms with Gasteiger partial charge in [0.05, 0.1) is 17.5 Å². The summed E-state index contributed by atoms with van der Waals surface area (Å²) in [6.07, 6.45) is 1.82. The Hall–Kier alpha value is -4.18. The Labute approximate surface area is 221 Å². The van der Waals surface area contributed by atoms with Crippen molar-refractivity contribution >= 4 is 34.4 Å². The van der Waals surface area contributed by atoms with Crippen LogP contribution in [0, 0.1) is 6.92 Å². The standard InChI is InChI=1S/C28H33N5O5/c1-18-15-20(24-5-3-4-6-25(24)30-18)17-38-23-9-7-22(8-10-23)33(27(29)36)28(16-26(35)32-37)13-11-21(12-14-28)31-19(2)34/h3-10,15,21,37H,11-14,16-17H2,1-2H3,(H2,29,36)(H,31,34)(H,32,35). The predicted octanol–water partition coefficient (Wildman–Crippen LogP) is 3.72. The second-order valence-corrected chi connectivity index (χ2v) is 9.81. The van der Waals surface area contributed by atoms with Crippen LogP contribution in [0.5, 0.6) is 5.75 Å². The van der Waals surface area contributed by atoms with E-state index in [1.54, 1.807) is 29.7 Å². The summed E-state index contributed by atoms with van der Waals surface area (Å²) in [6.45, 7) is 3.74. The van der Waals surface area contributed by atoms with Crippen LogP contribution in [0.15, 0.2) is 54.6 Å². The van der Waals surface area contributed by atoms with Gasteiger partial charge in [-0.2, -0.15) is 0 Å². The Morgan fingerprint density at radius 1 is 1.13 bits per heavy atom. The molecule has 200 valence electrons. The first-order chi connectivity index (χ1) is 18.2. The van der Waals surface area contributed by atoms with Crippen molar-refractivity contribution in [3.8, 4) is 5.75 Å². The van der Waals surface area contributed by atoms with Crippen molar-refractivity contribution in [1.82, 2.24) is 15.8 Å². The van der Waals surface area contributed by atoms with Crippen LogP contribution >= 0.6 is 0 Å². The van der Waals surface area contributed by atoms with Crippen molar-refractivity contribution in [2.45, 2.75) is 64.1 Å². The van der Waals surface area contributed by atoms with Gasteiger partial charge in [-0.15, -0.1) is 0 Å². The van der Waals surface area contributed by atoms with E-state index in [0.717, 1.165) is 22.2 Å². The van der Waals surface area contributed by atoms with Gasteiger partial charge in [-0.25, -0.2) is 10.3 Å². The van der Waals surface area contributed by atoms with E-state index in [2.05, 4.69) is 10.3 Å². The number of carbonyl (C=O) groups excluding carboxylic acids is 3. The molecule has 5 N–H and O–H groups in total. The Morgan fingerprint density at radius 2 is 1.82 bits per heavy atom. The Kier molecular flexibility index (Phi) is 8.11. The molecule has 0 saturated heterocycles. The number of urea groups is 1. The van der Waals surface area contributed by atoms with E-state index in [0.29, 0.717) is 43.7 Å². The van der Waals surface area contributed by atoms with Crippen LogP contribution in [0.3, 0.4) is 0 Å². The van der Waals surface area contributed by atoms with E-state index in [1.165, 1.54) is 11.8 Å². The number of para-hydroxylation sites is 1. The van der Waals surface area contributed by atoms with Gasteiger partial charge in [-0.1, -0.05) is 18.2 Å². The number of nitrogens with two attached hydrogens (primary N) is 1. The SMILES string of the molecule is CC(=O)NC1CCC(CC(=O)NO)(N(C(N)=O)c2ccc(OCc3cc(C)nc4ccccc34)cc2)CC1. The number of nitrogens with zero attached hydrogens (tertiary/aromatic N) is 2. The van der Waals surface area contributed by atoms with Crippen molar-refractivity contribution in [1.29, 1.82) is 0 Å². The van der Waals surface area contributed by atoms with E-state index < -0.39 is 17.5 Å². The zero-order chi connectivity index (χ0) is 27.3. The molecule has 10 heteroatoms. The number of carbonyl (C=O) groups is 3. The number of anilines is 1. The molecule has 1 aliphatic carbocycles. The molecule has 0 spiro atoms. The second-order valence-electron chi connectivity index (χ2n) is 9.81. The van der Waals surface area contributed by atoms with Gasteiger partial charge in [0, 0.05) is 35.3 Å². The van der Waals surface area contributed by atoms with Crippen molar-refractivity contribution in [3.63, 3.8) is 0 Å². The highest BCUT2D eigenvalue weighted by Crippen LogP contribution is 2.40. The van der Waals surface area contributed by atoms with Crippen molar-refractivity contribution in [2.75, 3.05) is 4.90 Å². The molecule has 1 heterocycles. The molecule has 3 aromatic rings. The molecule has 0 unspecified atom stereocenters. The van der Waals surface area contributed by atoms with Crippen molar-refractivity contribution in [2.24, 2.45) is 5.73 Å². The summed E-state index contributed by atoms with van der Waals surface area (Å²) in [5.74, 6) is -0.143. The molecule has 2 aromatic carbocycles. The first-order valence-electron chi connectivity index (χ1n) is 12.6. The number of hydrogen-bond acceptors (Lipinski definition) is 6. The number of hydroxylamine groups is 1. The summed E-state index contributed by atoms with van der Waals surface area (Å²) in [5, 5.41) is 13.1. The number of aromatic nitrogens is 1. The van der Waals surface area contributed by atoms with Gasteiger partial charge in [0.1, 0.15) is 12.4 Å². The number of pyridine rings is 1. The van der Waals surface area contributed by atoms with Gasteiger partial charge < -0.3 is 15.8 Å². The summed E-state index contributed by atoms with van der Waals surface area (Å²) >= 11 is 0. The van der Waals surface area contributed by atoms with Crippen molar-refractivity contribution < 1.29 is 24.3 Å². The quantitative estimate of drug-likeness (QED) is 0.263. The smallest absolute Gasteiger partial charge is 0.319 e. The Bertz CT molecular complexity index is 1320. The minimum Gasteiger partial charge on any atom is -0.489 e. The number of primary amides is 1. The molecule has 0 atom stereocenters. The minimum atomic E-state index is -0.955. The molecule has 10 nitrogen and oxygen atoms in total. The Morgan fingerprint density at radius 3 is 2.45 bits per heavy atom. The number of hydrogen-bond donors (Lipinski definition) is 4. The fourth-order valence-corrected chi connectivity index (χ4v) is 5.41. The molecule has 1 aromatic heterocycles. The lowest BCUT2D eigenvalue weighted by Crippen LogP contribution is -2.59. The maximum Gasteiger partial charge on any atom is 0.319 e. The van der Waals surface area contributed by atoms with Crippen molar-refractivity contribution in [3.05, 3.63) is 65.9 Å². The summed E-state index contributed by atoms with van der Waals surface area (Å²) in [5.41, 5.74) is 9.90. The monoisotopic (exact) mass is 519 g/mol. The van der Waals surface area contributed by atoms with Crippen LogP contribution in [-0.4, -0.2) is 39.6 Å². The average molecular weight is 520 g/mol. The van der Waals surface area contributed by atoms with E-state index in [1.807, 2.05) is 37.3 Å². The van der Waals surface area contributed by atoms with E-state index in [-0.39, 0.29) is 18.4 Å². The van der Waals surface area contributed by atoms with Gasteiger partial charge in [-0.05, 0) is 69.0 Å². The first-order valence-corrected chi connectivity index (χ1v) is 12.6. The lowest BCUT2D eigenvalue weighted by atomic mass is 9.75. The predicted molar refractivity (Wildman–Crippen MR) is 143 cm³/mol. The van der Waals surface area contributed by atoms with Crippen LogP contribution < -0.4 is 26.2 Å². The highest BCUT2D eigenvalue weighted by molar-refractivity contribution is 5.93. The molecule has 4 rings (SSSR count). The molecule has 1 fully saturated rings. The number of ether oxygens (including phenoxy) is 1. The minimum absolute atomic E-state index is 0.0591. The van der Waals surface area contributed by atoms with Crippen LogP contribution in [0.1, 0.15) is 50.3 Å². The third kappa shape index (κ3) is 6.03. The molecular weight excluding hydrogens is 486 g/mol. The zero-order valence-corrected chi connectivity index (χ0v) is 21.6. The zero-order valence-electron chi connectivity index (χ0n) is 21.6. The third-order valence-electron chi connectivity index (χ3n) is 7.05. The molecule has 1 saturated carbocycles. The average Bonchev–Trinajstić information content (AvgIpc) is 2.89. The van der Waals surface area contributed by atoms with E-state index in [4.69, 9.17) is 10.5 Å². The molecule has 4 amide bonds. The van der Waals surface area contributed by atoms with Crippen LogP contribution in [0.2, 0.25) is 0 Å². The molecule has 0 radical (unpaired) electrons. The molecule has 1 aliphatic rings. The van der Waals surface area contributed by atoms with Crippen LogP contribution in [0.4, 0.5) is 10.5 Å². The summed E-state index contributed by atoms with van der Waals surface area (Å²) in [7, 11) is 0. The number of nitrogens with one attached hydrogen (secondary N) is 2. The summed E-state index contributed by atoms with van der Waals surface area (Å²) in [6, 6.07) is 16.1. The summed E-state index contributed by atoms with van der Waals surface area (Å²) in [4.78, 5) is 42.5. The second kappa shape index (κ2) is 11.5. The van der Waals surface area contributed by atoms with Gasteiger partial charge in [-0.3, -0.25) is 24.7 Å². The third-order valence-corrected chi connectivity index (χ3v) is 7.05. The number of rotatable bonds is 8. The molecule has 0 aliphatic heterocycles. The summed E-state index contributed by atoms with van der Waals surface area (Å²) < 4.78 is 6.05. The molecular formula is C28H33N5O5. The maximum absolute atomic E-state index is 12.7. The van der Waals surface area contributed by atoms with Gasteiger partial charge in [0.15, 0.2) is 0 Å². The topological polar surface area (TPSA) is 147 Å². The lowest BCUT2D eigenvalue weighted by molar-refractivity contribution is -0.131. The lowest BCUT2D eigenvalue weighted by Gasteiger charge is -2.47. The first kappa shape index (κ1) is 26.9.